The lowest BCUT2D eigenvalue weighted by Gasteiger charge is -2.05. The highest BCUT2D eigenvalue weighted by molar-refractivity contribution is 7.16. The molecule has 0 atom stereocenters. The average molecular weight is 309 g/mol. The van der Waals surface area contributed by atoms with E-state index >= 15 is 0 Å². The van der Waals surface area contributed by atoms with Gasteiger partial charge in [0.2, 0.25) is 0 Å². The van der Waals surface area contributed by atoms with E-state index in [4.69, 9.17) is 11.6 Å². The van der Waals surface area contributed by atoms with Crippen LogP contribution in [0.4, 0.5) is 10.9 Å². The van der Waals surface area contributed by atoms with Gasteiger partial charge in [-0.05, 0) is 25.3 Å². The van der Waals surface area contributed by atoms with Crippen molar-refractivity contribution >= 4 is 39.8 Å². The molecule has 0 saturated heterocycles. The van der Waals surface area contributed by atoms with Crippen LogP contribution in [0.1, 0.15) is 27.3 Å². The highest BCUT2D eigenvalue weighted by Crippen LogP contribution is 2.30. The fourth-order valence-electron chi connectivity index (χ4n) is 2.16. The number of amides is 1. The molecule has 0 aliphatic heterocycles. The summed E-state index contributed by atoms with van der Waals surface area (Å²) in [6.45, 7) is 0. The highest BCUT2D eigenvalue weighted by atomic mass is 35.5. The van der Waals surface area contributed by atoms with E-state index in [1.165, 1.54) is 11.1 Å². The van der Waals surface area contributed by atoms with E-state index in [1.54, 1.807) is 24.5 Å². The largest absolute Gasteiger partial charge is 0.372 e. The number of nitrogens with zero attached hydrogens (tertiary/aromatic N) is 2. The van der Waals surface area contributed by atoms with E-state index in [1.807, 2.05) is 0 Å². The van der Waals surface area contributed by atoms with Crippen LogP contribution >= 0.6 is 22.9 Å². The molecule has 0 spiro atoms. The number of aromatic nitrogens is 2. The summed E-state index contributed by atoms with van der Waals surface area (Å²) in [6.07, 6.45) is 4.72. The van der Waals surface area contributed by atoms with Crippen molar-refractivity contribution in [2.45, 2.75) is 19.3 Å². The topological polar surface area (TPSA) is 66.9 Å². The third-order valence-electron chi connectivity index (χ3n) is 3.16. The Morgan fingerprint density at radius 2 is 2.30 bits per heavy atom. The zero-order valence-corrected chi connectivity index (χ0v) is 12.4. The third-order valence-corrected chi connectivity index (χ3v) is 4.52. The van der Waals surface area contributed by atoms with E-state index in [0.29, 0.717) is 21.5 Å². The normalized spacial score (nSPS) is 13.1. The van der Waals surface area contributed by atoms with Crippen molar-refractivity contribution in [2.75, 3.05) is 17.7 Å². The lowest BCUT2D eigenvalue weighted by molar-refractivity contribution is 0.102. The maximum atomic E-state index is 12.1. The molecule has 0 radical (unpaired) electrons. The summed E-state index contributed by atoms with van der Waals surface area (Å²) in [7, 11) is 1.73. The van der Waals surface area contributed by atoms with Gasteiger partial charge in [-0.2, -0.15) is 0 Å². The molecule has 1 aliphatic rings. The monoisotopic (exact) mass is 308 g/mol. The summed E-state index contributed by atoms with van der Waals surface area (Å²) in [5, 5.41) is 6.72. The molecule has 5 nitrogen and oxygen atoms in total. The Kier molecular flexibility index (Phi) is 3.58. The van der Waals surface area contributed by atoms with Crippen LogP contribution in [0.5, 0.6) is 0 Å². The second kappa shape index (κ2) is 5.38. The van der Waals surface area contributed by atoms with Gasteiger partial charge in [-0.15, -0.1) is 11.3 Å². The molecule has 2 N–H and O–H groups in total. The van der Waals surface area contributed by atoms with Crippen LogP contribution in [0.25, 0.3) is 0 Å². The van der Waals surface area contributed by atoms with Crippen molar-refractivity contribution in [2.24, 2.45) is 0 Å². The Labute approximate surface area is 125 Å². The Morgan fingerprint density at radius 3 is 3.00 bits per heavy atom. The number of aryl methyl sites for hydroxylation is 2. The molecule has 3 rings (SSSR count). The second-order valence-corrected chi connectivity index (χ2v) is 5.99. The molecule has 7 heteroatoms. The summed E-state index contributed by atoms with van der Waals surface area (Å²) in [5.74, 6) is 0.311. The van der Waals surface area contributed by atoms with Crippen molar-refractivity contribution in [3.63, 3.8) is 0 Å². The molecule has 2 heterocycles. The Bertz CT molecular complexity index is 649. The molecule has 1 amide bonds. The molecule has 20 heavy (non-hydrogen) atoms. The molecule has 0 fully saturated rings. The number of nitrogens with one attached hydrogen (secondary N) is 2. The zero-order valence-electron chi connectivity index (χ0n) is 10.9. The van der Waals surface area contributed by atoms with Crippen LogP contribution in [-0.2, 0) is 12.8 Å². The first-order chi connectivity index (χ1) is 9.67. The summed E-state index contributed by atoms with van der Waals surface area (Å²) < 4.78 is 0. The van der Waals surface area contributed by atoms with Crippen molar-refractivity contribution in [1.29, 1.82) is 0 Å². The first kappa shape index (κ1) is 13.3. The van der Waals surface area contributed by atoms with Gasteiger partial charge in [-0.1, -0.05) is 11.6 Å². The van der Waals surface area contributed by atoms with E-state index in [2.05, 4.69) is 20.6 Å². The fourth-order valence-corrected chi connectivity index (χ4v) is 3.46. The molecular weight excluding hydrogens is 296 g/mol. The van der Waals surface area contributed by atoms with Crippen molar-refractivity contribution < 1.29 is 4.79 Å². The molecule has 2 aromatic rings. The highest BCUT2D eigenvalue weighted by Gasteiger charge is 2.18. The number of fused-ring (bicyclic) bond motifs is 1. The Hall–Kier alpha value is -1.66. The number of hydrogen-bond acceptors (Lipinski definition) is 5. The minimum absolute atomic E-state index is 0.241. The van der Waals surface area contributed by atoms with E-state index in [-0.39, 0.29) is 5.91 Å². The first-order valence-electron chi connectivity index (χ1n) is 6.30. The molecule has 0 saturated carbocycles. The number of rotatable bonds is 3. The second-order valence-electron chi connectivity index (χ2n) is 4.50. The van der Waals surface area contributed by atoms with Crippen molar-refractivity contribution in [3.8, 4) is 0 Å². The third kappa shape index (κ3) is 2.48. The van der Waals surface area contributed by atoms with Crippen LogP contribution < -0.4 is 10.6 Å². The number of carbonyl (C=O) groups excluding carboxylic acids is 1. The minimum Gasteiger partial charge on any atom is -0.372 e. The molecule has 0 unspecified atom stereocenters. The van der Waals surface area contributed by atoms with Gasteiger partial charge in [-0.3, -0.25) is 10.1 Å². The Balaban J connectivity index is 1.77. The number of anilines is 2. The fraction of sp³-hybridized carbons (Fsp3) is 0.308. The lowest BCUT2D eigenvalue weighted by Crippen LogP contribution is -2.12. The van der Waals surface area contributed by atoms with Gasteiger partial charge in [0.25, 0.3) is 5.91 Å². The van der Waals surface area contributed by atoms with Crippen LogP contribution in [0, 0.1) is 0 Å². The SMILES string of the molecule is CNc1ncc(C(=O)Nc2nc3c(s2)CCC3)cc1Cl. The predicted octanol–water partition coefficient (Wildman–Crippen LogP) is 2.97. The standard InChI is InChI=1S/C13H13ClN4OS/c1-15-11-8(14)5-7(6-16-11)12(19)18-13-17-9-3-2-4-10(9)20-13/h5-6H,2-4H2,1H3,(H,15,16)(H,17,18,19). The van der Waals surface area contributed by atoms with E-state index in [0.717, 1.165) is 25.0 Å². The number of pyridine rings is 1. The summed E-state index contributed by atoms with van der Waals surface area (Å²) in [6, 6.07) is 1.59. The number of thiazole rings is 1. The molecule has 2 aromatic heterocycles. The average Bonchev–Trinajstić information content (AvgIpc) is 2.99. The number of hydrogen-bond donors (Lipinski definition) is 2. The predicted molar refractivity (Wildman–Crippen MR) is 80.9 cm³/mol. The van der Waals surface area contributed by atoms with E-state index < -0.39 is 0 Å². The quantitative estimate of drug-likeness (QED) is 0.915. The molecule has 1 aliphatic carbocycles. The maximum Gasteiger partial charge on any atom is 0.259 e. The van der Waals surface area contributed by atoms with Crippen LogP contribution in [-0.4, -0.2) is 22.9 Å². The molecule has 104 valence electrons. The smallest absolute Gasteiger partial charge is 0.259 e. The minimum atomic E-state index is -0.241. The summed E-state index contributed by atoms with van der Waals surface area (Å²) in [5.41, 5.74) is 1.54. The van der Waals surface area contributed by atoms with Gasteiger partial charge in [0.1, 0.15) is 5.82 Å². The first-order valence-corrected chi connectivity index (χ1v) is 7.50. The lowest BCUT2D eigenvalue weighted by atomic mass is 10.2. The van der Waals surface area contributed by atoms with Crippen LogP contribution in [0.3, 0.4) is 0 Å². The molecular formula is C13H13ClN4OS. The maximum absolute atomic E-state index is 12.1. The van der Waals surface area contributed by atoms with Gasteiger partial charge in [0.05, 0.1) is 16.3 Å². The zero-order chi connectivity index (χ0) is 14.1. The van der Waals surface area contributed by atoms with Crippen molar-refractivity contribution in [1.82, 2.24) is 9.97 Å². The van der Waals surface area contributed by atoms with E-state index in [9.17, 15) is 4.79 Å². The van der Waals surface area contributed by atoms with Gasteiger partial charge >= 0.3 is 0 Å². The van der Waals surface area contributed by atoms with Crippen molar-refractivity contribution in [3.05, 3.63) is 33.4 Å². The molecule has 0 aromatic carbocycles. The number of halogens is 1. The van der Waals surface area contributed by atoms with Crippen LogP contribution in [0.2, 0.25) is 5.02 Å². The summed E-state index contributed by atoms with van der Waals surface area (Å²) >= 11 is 7.57. The Morgan fingerprint density at radius 1 is 1.45 bits per heavy atom. The van der Waals surface area contributed by atoms with Gasteiger partial charge in [0, 0.05) is 18.1 Å². The van der Waals surface area contributed by atoms with Crippen LogP contribution in [0.15, 0.2) is 12.3 Å². The number of carbonyl (C=O) groups is 1. The summed E-state index contributed by atoms with van der Waals surface area (Å²) in [4.78, 5) is 21.9. The molecule has 0 bridgehead atoms. The van der Waals surface area contributed by atoms with Gasteiger partial charge in [0.15, 0.2) is 5.13 Å². The van der Waals surface area contributed by atoms with Gasteiger partial charge in [-0.25, -0.2) is 9.97 Å². The van der Waals surface area contributed by atoms with Gasteiger partial charge < -0.3 is 5.32 Å².